The first-order chi connectivity index (χ1) is 9.63. The summed E-state index contributed by atoms with van der Waals surface area (Å²) in [7, 11) is 0. The normalized spacial score (nSPS) is 11.3. The highest BCUT2D eigenvalue weighted by molar-refractivity contribution is 5.91. The van der Waals surface area contributed by atoms with Crippen molar-refractivity contribution in [2.24, 2.45) is 5.92 Å². The lowest BCUT2D eigenvalue weighted by molar-refractivity contribution is 0.647. The van der Waals surface area contributed by atoms with Crippen LogP contribution in [0, 0.1) is 5.92 Å². The Bertz CT molecular complexity index is 724. The summed E-state index contributed by atoms with van der Waals surface area (Å²) in [5.74, 6) is 1.24. The van der Waals surface area contributed by atoms with E-state index in [1.165, 1.54) is 16.7 Å². The molecule has 0 fully saturated rings. The van der Waals surface area contributed by atoms with Gasteiger partial charge in [0.15, 0.2) is 5.82 Å². The lowest BCUT2D eigenvalue weighted by Gasteiger charge is -2.07. The van der Waals surface area contributed by atoms with E-state index in [1.807, 2.05) is 6.07 Å². The van der Waals surface area contributed by atoms with Gasteiger partial charge in [-0.25, -0.2) is 0 Å². The van der Waals surface area contributed by atoms with Gasteiger partial charge < -0.3 is 5.73 Å². The van der Waals surface area contributed by atoms with Crippen molar-refractivity contribution in [2.45, 2.75) is 20.3 Å². The van der Waals surface area contributed by atoms with E-state index in [4.69, 9.17) is 5.73 Å². The van der Waals surface area contributed by atoms with Crippen LogP contribution in [0.1, 0.15) is 19.4 Å². The fraction of sp³-hybridized carbons (Fsp3) is 0.235. The van der Waals surface area contributed by atoms with Gasteiger partial charge in [0.2, 0.25) is 0 Å². The molecule has 0 aliphatic carbocycles. The Hall–Kier alpha value is -2.29. The van der Waals surface area contributed by atoms with Gasteiger partial charge in [0.1, 0.15) is 0 Å². The molecule has 0 unspecified atom stereocenters. The van der Waals surface area contributed by atoms with Crippen LogP contribution in [0.25, 0.3) is 22.0 Å². The number of fused-ring (bicyclic) bond motifs is 1. The molecule has 1 heterocycles. The Morgan fingerprint density at radius 3 is 2.45 bits per heavy atom. The van der Waals surface area contributed by atoms with Gasteiger partial charge in [0, 0.05) is 5.39 Å². The number of aromatic amines is 1. The smallest absolute Gasteiger partial charge is 0.153 e. The fourth-order valence-electron chi connectivity index (χ4n) is 2.53. The average molecular weight is 265 g/mol. The maximum atomic E-state index is 5.79. The quantitative estimate of drug-likeness (QED) is 0.751. The molecule has 0 saturated heterocycles. The summed E-state index contributed by atoms with van der Waals surface area (Å²) in [6, 6.07) is 15.0. The highest BCUT2D eigenvalue weighted by atomic mass is 15.1. The lowest BCUT2D eigenvalue weighted by atomic mass is 9.99. The summed E-state index contributed by atoms with van der Waals surface area (Å²) in [6.45, 7) is 4.48. The van der Waals surface area contributed by atoms with Crippen LogP contribution in [0.4, 0.5) is 5.82 Å². The standard InChI is InChI=1S/C17H19N3/c1-11(2)9-12-3-5-13(6-4-12)14-7-8-15-16(10-14)19-20-17(15)18/h3-8,10-11H,9H2,1-2H3,(H3,18,19,20). The minimum absolute atomic E-state index is 0.554. The second-order valence-corrected chi connectivity index (χ2v) is 5.66. The van der Waals surface area contributed by atoms with E-state index in [9.17, 15) is 0 Å². The summed E-state index contributed by atoms with van der Waals surface area (Å²) >= 11 is 0. The number of nitrogen functional groups attached to an aromatic ring is 1. The Balaban J connectivity index is 1.94. The van der Waals surface area contributed by atoms with Crippen LogP contribution < -0.4 is 5.73 Å². The molecule has 0 saturated carbocycles. The molecule has 0 radical (unpaired) electrons. The second kappa shape index (κ2) is 5.00. The van der Waals surface area contributed by atoms with Crippen LogP contribution >= 0.6 is 0 Å². The molecular weight excluding hydrogens is 246 g/mol. The lowest BCUT2D eigenvalue weighted by Crippen LogP contribution is -1.93. The van der Waals surface area contributed by atoms with E-state index in [2.05, 4.69) is 60.4 Å². The molecule has 0 spiro atoms. The van der Waals surface area contributed by atoms with Crippen LogP contribution in [0.15, 0.2) is 42.5 Å². The van der Waals surface area contributed by atoms with Crippen LogP contribution in [-0.2, 0) is 6.42 Å². The molecule has 3 nitrogen and oxygen atoms in total. The number of benzene rings is 2. The van der Waals surface area contributed by atoms with Gasteiger partial charge in [0.25, 0.3) is 0 Å². The molecule has 102 valence electrons. The van der Waals surface area contributed by atoms with Gasteiger partial charge in [-0.3, -0.25) is 5.10 Å². The molecule has 20 heavy (non-hydrogen) atoms. The van der Waals surface area contributed by atoms with Gasteiger partial charge in [-0.2, -0.15) is 5.10 Å². The largest absolute Gasteiger partial charge is 0.382 e. The minimum Gasteiger partial charge on any atom is -0.382 e. The monoisotopic (exact) mass is 265 g/mol. The molecule has 0 bridgehead atoms. The third-order valence-electron chi connectivity index (χ3n) is 3.52. The minimum atomic E-state index is 0.554. The van der Waals surface area contributed by atoms with E-state index in [0.717, 1.165) is 17.3 Å². The molecule has 3 aromatic rings. The highest BCUT2D eigenvalue weighted by Gasteiger charge is 2.05. The zero-order valence-corrected chi connectivity index (χ0v) is 11.9. The summed E-state index contributed by atoms with van der Waals surface area (Å²) in [4.78, 5) is 0. The van der Waals surface area contributed by atoms with Gasteiger partial charge in [0.05, 0.1) is 5.52 Å². The number of hydrogen-bond acceptors (Lipinski definition) is 2. The number of nitrogens with zero attached hydrogens (tertiary/aromatic N) is 1. The van der Waals surface area contributed by atoms with Crippen LogP contribution in [0.3, 0.4) is 0 Å². The summed E-state index contributed by atoms with van der Waals surface area (Å²) in [5.41, 5.74) is 10.5. The first-order valence-corrected chi connectivity index (χ1v) is 6.96. The number of hydrogen-bond donors (Lipinski definition) is 2. The Labute approximate surface area is 118 Å². The van der Waals surface area contributed by atoms with Crippen molar-refractivity contribution < 1.29 is 0 Å². The summed E-state index contributed by atoms with van der Waals surface area (Å²) < 4.78 is 0. The fourth-order valence-corrected chi connectivity index (χ4v) is 2.53. The van der Waals surface area contributed by atoms with E-state index in [1.54, 1.807) is 0 Å². The average Bonchev–Trinajstić information content (AvgIpc) is 2.80. The molecule has 3 heteroatoms. The van der Waals surface area contributed by atoms with Crippen LogP contribution in [0.2, 0.25) is 0 Å². The molecule has 0 amide bonds. The van der Waals surface area contributed by atoms with E-state index in [0.29, 0.717) is 11.7 Å². The Morgan fingerprint density at radius 1 is 1.05 bits per heavy atom. The molecular formula is C17H19N3. The third kappa shape index (κ3) is 2.39. The van der Waals surface area contributed by atoms with Crippen molar-refractivity contribution in [3.63, 3.8) is 0 Å². The number of nitrogens with one attached hydrogen (secondary N) is 1. The second-order valence-electron chi connectivity index (χ2n) is 5.66. The number of anilines is 1. The van der Waals surface area contributed by atoms with Crippen molar-refractivity contribution in [1.29, 1.82) is 0 Å². The van der Waals surface area contributed by atoms with Crippen LogP contribution in [0.5, 0.6) is 0 Å². The highest BCUT2D eigenvalue weighted by Crippen LogP contribution is 2.26. The topological polar surface area (TPSA) is 54.7 Å². The SMILES string of the molecule is CC(C)Cc1ccc(-c2ccc3c(N)n[nH]c3c2)cc1. The predicted molar refractivity (Wildman–Crippen MR) is 84.5 cm³/mol. The summed E-state index contributed by atoms with van der Waals surface area (Å²) in [6.07, 6.45) is 1.12. The number of H-pyrrole nitrogens is 1. The molecule has 0 atom stereocenters. The van der Waals surface area contributed by atoms with Crippen molar-refractivity contribution in [3.8, 4) is 11.1 Å². The van der Waals surface area contributed by atoms with Gasteiger partial charge in [-0.05, 0) is 41.2 Å². The van der Waals surface area contributed by atoms with Crippen molar-refractivity contribution >= 4 is 16.7 Å². The third-order valence-corrected chi connectivity index (χ3v) is 3.52. The Kier molecular flexibility index (Phi) is 3.18. The molecule has 0 aliphatic heterocycles. The number of nitrogens with two attached hydrogens (primary N) is 1. The number of rotatable bonds is 3. The van der Waals surface area contributed by atoms with Gasteiger partial charge >= 0.3 is 0 Å². The zero-order chi connectivity index (χ0) is 14.1. The molecule has 1 aromatic heterocycles. The van der Waals surface area contributed by atoms with Gasteiger partial charge in [-0.1, -0.05) is 44.2 Å². The molecule has 3 rings (SSSR count). The van der Waals surface area contributed by atoms with Crippen molar-refractivity contribution in [2.75, 3.05) is 5.73 Å². The first kappa shape index (κ1) is 12.7. The van der Waals surface area contributed by atoms with Crippen molar-refractivity contribution in [1.82, 2.24) is 10.2 Å². The molecule has 2 aromatic carbocycles. The maximum absolute atomic E-state index is 5.79. The van der Waals surface area contributed by atoms with E-state index < -0.39 is 0 Å². The number of aromatic nitrogens is 2. The van der Waals surface area contributed by atoms with Crippen molar-refractivity contribution in [3.05, 3.63) is 48.0 Å². The maximum Gasteiger partial charge on any atom is 0.153 e. The Morgan fingerprint density at radius 2 is 1.75 bits per heavy atom. The zero-order valence-electron chi connectivity index (χ0n) is 11.9. The summed E-state index contributed by atoms with van der Waals surface area (Å²) in [5, 5.41) is 7.97. The molecule has 3 N–H and O–H groups in total. The van der Waals surface area contributed by atoms with E-state index >= 15 is 0 Å². The van der Waals surface area contributed by atoms with Gasteiger partial charge in [-0.15, -0.1) is 0 Å². The van der Waals surface area contributed by atoms with E-state index in [-0.39, 0.29) is 0 Å². The predicted octanol–water partition coefficient (Wildman–Crippen LogP) is 4.01. The first-order valence-electron chi connectivity index (χ1n) is 6.96. The molecule has 0 aliphatic rings. The van der Waals surface area contributed by atoms with Crippen LogP contribution in [-0.4, -0.2) is 10.2 Å².